The smallest absolute Gasteiger partial charge is 0.307 e. The number of nitrogens with two attached hydrogens (primary N) is 1. The molecule has 1 atom stereocenters. The van der Waals surface area contributed by atoms with Crippen LogP contribution >= 0.6 is 0 Å². The largest absolute Gasteiger partial charge is 0.466 e. The Morgan fingerprint density at radius 3 is 2.28 bits per heavy atom. The van der Waals surface area contributed by atoms with E-state index in [4.69, 9.17) is 10.5 Å². The molecule has 0 unspecified atom stereocenters. The number of esters is 1. The maximum Gasteiger partial charge on any atom is 0.307 e. The van der Waals surface area contributed by atoms with Crippen molar-refractivity contribution in [3.05, 3.63) is 35.4 Å². The average Bonchev–Trinajstić information content (AvgIpc) is 2.29. The molecule has 0 fully saturated rings. The lowest BCUT2D eigenvalue weighted by atomic mass is 9.78. The highest BCUT2D eigenvalue weighted by Gasteiger charge is 2.36. The van der Waals surface area contributed by atoms with Crippen LogP contribution in [0.2, 0.25) is 0 Å². The zero-order valence-corrected chi connectivity index (χ0v) is 11.0. The molecule has 0 bridgehead atoms. The van der Waals surface area contributed by atoms with Crippen molar-refractivity contribution in [1.29, 1.82) is 0 Å². The normalized spacial score (nSPS) is 13.7. The van der Waals surface area contributed by atoms with E-state index < -0.39 is 17.3 Å². The lowest BCUT2D eigenvalue weighted by molar-refractivity contribution is -0.146. The zero-order chi connectivity index (χ0) is 13.8. The number of ether oxygens (including phenoxy) is 1. The second-order valence-electron chi connectivity index (χ2n) is 4.54. The van der Waals surface area contributed by atoms with Crippen molar-refractivity contribution in [2.45, 2.75) is 32.6 Å². The number of rotatable bonds is 5. The summed E-state index contributed by atoms with van der Waals surface area (Å²) in [6.07, 6.45) is -0.0424. The number of primary amides is 1. The molecule has 0 aliphatic rings. The number of aryl methyl sites for hydroxylation is 1. The van der Waals surface area contributed by atoms with Crippen LogP contribution < -0.4 is 5.73 Å². The maximum atomic E-state index is 11.7. The first-order valence-electron chi connectivity index (χ1n) is 5.93. The van der Waals surface area contributed by atoms with Gasteiger partial charge in [-0.05, 0) is 26.3 Å². The van der Waals surface area contributed by atoms with Crippen molar-refractivity contribution in [2.24, 2.45) is 5.73 Å². The molecule has 98 valence electrons. The van der Waals surface area contributed by atoms with Crippen molar-refractivity contribution in [3.8, 4) is 0 Å². The van der Waals surface area contributed by atoms with Gasteiger partial charge in [0.2, 0.25) is 5.91 Å². The van der Waals surface area contributed by atoms with Gasteiger partial charge in [0.05, 0.1) is 18.4 Å². The molecule has 0 saturated heterocycles. The Hall–Kier alpha value is -1.84. The van der Waals surface area contributed by atoms with Gasteiger partial charge in [-0.15, -0.1) is 0 Å². The number of hydrogen-bond donors (Lipinski definition) is 1. The van der Waals surface area contributed by atoms with E-state index in [0.29, 0.717) is 6.61 Å². The van der Waals surface area contributed by atoms with Crippen molar-refractivity contribution in [1.82, 2.24) is 0 Å². The molecular formula is C14H19NO3. The van der Waals surface area contributed by atoms with E-state index in [9.17, 15) is 9.59 Å². The molecule has 4 nitrogen and oxygen atoms in total. The lowest BCUT2D eigenvalue weighted by Crippen LogP contribution is -2.40. The van der Waals surface area contributed by atoms with Crippen LogP contribution in [0.15, 0.2) is 24.3 Å². The molecule has 0 aliphatic carbocycles. The summed E-state index contributed by atoms with van der Waals surface area (Å²) in [4.78, 5) is 23.2. The molecule has 1 aromatic rings. The Kier molecular flexibility index (Phi) is 4.48. The van der Waals surface area contributed by atoms with E-state index in [2.05, 4.69) is 0 Å². The van der Waals surface area contributed by atoms with E-state index in [1.165, 1.54) is 0 Å². The Morgan fingerprint density at radius 2 is 1.83 bits per heavy atom. The van der Waals surface area contributed by atoms with Gasteiger partial charge < -0.3 is 10.5 Å². The van der Waals surface area contributed by atoms with E-state index in [0.717, 1.165) is 11.1 Å². The first-order valence-corrected chi connectivity index (χ1v) is 5.93. The van der Waals surface area contributed by atoms with Crippen molar-refractivity contribution >= 4 is 11.9 Å². The van der Waals surface area contributed by atoms with Crippen molar-refractivity contribution in [3.63, 3.8) is 0 Å². The van der Waals surface area contributed by atoms with Crippen LogP contribution in [0.5, 0.6) is 0 Å². The molecule has 0 saturated carbocycles. The van der Waals surface area contributed by atoms with E-state index in [1.54, 1.807) is 13.8 Å². The minimum atomic E-state index is -1.03. The predicted molar refractivity (Wildman–Crippen MR) is 69.0 cm³/mol. The molecule has 1 rings (SSSR count). The second-order valence-corrected chi connectivity index (χ2v) is 4.54. The highest BCUT2D eigenvalue weighted by atomic mass is 16.5. The van der Waals surface area contributed by atoms with E-state index in [1.807, 2.05) is 31.2 Å². The van der Waals surface area contributed by atoms with Crippen molar-refractivity contribution in [2.75, 3.05) is 6.61 Å². The summed E-state index contributed by atoms with van der Waals surface area (Å²) in [5, 5.41) is 0. The summed E-state index contributed by atoms with van der Waals surface area (Å²) in [6.45, 7) is 5.64. The summed E-state index contributed by atoms with van der Waals surface area (Å²) >= 11 is 0. The SMILES string of the molecule is CCOC(=O)C[C@](C)(C(N)=O)c1ccc(C)cc1. The third-order valence-electron chi connectivity index (χ3n) is 3.04. The Morgan fingerprint density at radius 1 is 1.28 bits per heavy atom. The van der Waals surface area contributed by atoms with Gasteiger partial charge in [-0.25, -0.2) is 0 Å². The highest BCUT2D eigenvalue weighted by Crippen LogP contribution is 2.28. The molecule has 18 heavy (non-hydrogen) atoms. The molecule has 1 amide bonds. The molecule has 0 heterocycles. The van der Waals surface area contributed by atoms with Crippen LogP contribution in [-0.4, -0.2) is 18.5 Å². The number of carbonyl (C=O) groups is 2. The molecule has 0 aromatic heterocycles. The lowest BCUT2D eigenvalue weighted by Gasteiger charge is -2.25. The van der Waals surface area contributed by atoms with Gasteiger partial charge in [0, 0.05) is 0 Å². The number of amides is 1. The van der Waals surface area contributed by atoms with Crippen LogP contribution in [-0.2, 0) is 19.7 Å². The molecule has 0 aliphatic heterocycles. The zero-order valence-electron chi connectivity index (χ0n) is 11.0. The quantitative estimate of drug-likeness (QED) is 0.807. The summed E-state index contributed by atoms with van der Waals surface area (Å²) in [6, 6.07) is 7.42. The number of benzene rings is 1. The first kappa shape index (κ1) is 14.2. The maximum absolute atomic E-state index is 11.7. The Bertz CT molecular complexity index is 439. The van der Waals surface area contributed by atoms with Crippen LogP contribution in [0.25, 0.3) is 0 Å². The van der Waals surface area contributed by atoms with Gasteiger partial charge in [0.1, 0.15) is 0 Å². The van der Waals surface area contributed by atoms with Gasteiger partial charge in [-0.1, -0.05) is 29.8 Å². The van der Waals surface area contributed by atoms with Gasteiger partial charge in [0.15, 0.2) is 0 Å². The fourth-order valence-electron chi connectivity index (χ4n) is 1.75. The van der Waals surface area contributed by atoms with Crippen LogP contribution in [0.1, 0.15) is 31.4 Å². The van der Waals surface area contributed by atoms with Gasteiger partial charge in [-0.3, -0.25) is 9.59 Å². The van der Waals surface area contributed by atoms with Gasteiger partial charge in [-0.2, -0.15) is 0 Å². The topological polar surface area (TPSA) is 69.4 Å². The minimum Gasteiger partial charge on any atom is -0.466 e. The molecule has 0 spiro atoms. The molecule has 2 N–H and O–H groups in total. The minimum absolute atomic E-state index is 0.0424. The van der Waals surface area contributed by atoms with Crippen molar-refractivity contribution < 1.29 is 14.3 Å². The standard InChI is InChI=1S/C14H19NO3/c1-4-18-12(16)9-14(3,13(15)17)11-7-5-10(2)6-8-11/h5-8H,4,9H2,1-3H3,(H2,15,17)/t14-/m0/s1. The summed E-state index contributed by atoms with van der Waals surface area (Å²) in [5.41, 5.74) is 6.23. The fraction of sp³-hybridized carbons (Fsp3) is 0.429. The van der Waals surface area contributed by atoms with E-state index in [-0.39, 0.29) is 6.42 Å². The average molecular weight is 249 g/mol. The van der Waals surface area contributed by atoms with Crippen LogP contribution in [0.3, 0.4) is 0 Å². The Labute approximate surface area is 107 Å². The van der Waals surface area contributed by atoms with Crippen LogP contribution in [0, 0.1) is 6.92 Å². The summed E-state index contributed by atoms with van der Waals surface area (Å²) in [5.74, 6) is -0.946. The summed E-state index contributed by atoms with van der Waals surface area (Å²) in [7, 11) is 0. The highest BCUT2D eigenvalue weighted by molar-refractivity contribution is 5.90. The van der Waals surface area contributed by atoms with Crippen LogP contribution in [0.4, 0.5) is 0 Å². The number of hydrogen-bond acceptors (Lipinski definition) is 3. The second kappa shape index (κ2) is 5.67. The molecule has 1 aromatic carbocycles. The Balaban J connectivity index is 3.03. The summed E-state index contributed by atoms with van der Waals surface area (Å²) < 4.78 is 4.89. The molecule has 0 radical (unpaired) electrons. The first-order chi connectivity index (χ1) is 8.40. The molecule has 4 heteroatoms. The third kappa shape index (κ3) is 3.09. The monoisotopic (exact) mass is 249 g/mol. The van der Waals surface area contributed by atoms with Gasteiger partial charge in [0.25, 0.3) is 0 Å². The predicted octanol–water partition coefficient (Wildman–Crippen LogP) is 1.69. The number of carbonyl (C=O) groups excluding carboxylic acids is 2. The molecular weight excluding hydrogens is 230 g/mol. The van der Waals surface area contributed by atoms with E-state index >= 15 is 0 Å². The van der Waals surface area contributed by atoms with Gasteiger partial charge >= 0.3 is 5.97 Å². The third-order valence-corrected chi connectivity index (χ3v) is 3.04. The fourth-order valence-corrected chi connectivity index (χ4v) is 1.75.